The van der Waals surface area contributed by atoms with Crippen LogP contribution < -0.4 is 5.32 Å². The SMILES string of the molecule is Cc1ccc(O)c(C(=O)NC2(C)CCOCC2)c1. The van der Waals surface area contributed by atoms with E-state index in [9.17, 15) is 9.90 Å². The van der Waals surface area contributed by atoms with E-state index in [-0.39, 0.29) is 17.2 Å². The number of hydrogen-bond acceptors (Lipinski definition) is 3. The van der Waals surface area contributed by atoms with Gasteiger partial charge in [-0.25, -0.2) is 0 Å². The highest BCUT2D eigenvalue weighted by Crippen LogP contribution is 2.23. The largest absolute Gasteiger partial charge is 0.507 e. The maximum atomic E-state index is 12.2. The highest BCUT2D eigenvalue weighted by atomic mass is 16.5. The Bertz CT molecular complexity index is 450. The zero-order valence-electron chi connectivity index (χ0n) is 10.8. The number of aryl methyl sites for hydroxylation is 1. The lowest BCUT2D eigenvalue weighted by Crippen LogP contribution is -2.49. The lowest BCUT2D eigenvalue weighted by atomic mass is 9.92. The Morgan fingerprint density at radius 2 is 2.06 bits per heavy atom. The molecule has 1 aromatic carbocycles. The van der Waals surface area contributed by atoms with Crippen molar-refractivity contribution in [1.29, 1.82) is 0 Å². The highest BCUT2D eigenvalue weighted by molar-refractivity contribution is 5.97. The van der Waals surface area contributed by atoms with Gasteiger partial charge in [-0.3, -0.25) is 4.79 Å². The second kappa shape index (κ2) is 4.98. The first kappa shape index (κ1) is 12.9. The number of nitrogens with one attached hydrogen (secondary N) is 1. The van der Waals surface area contributed by atoms with Gasteiger partial charge in [-0.1, -0.05) is 11.6 Å². The summed E-state index contributed by atoms with van der Waals surface area (Å²) in [6.45, 7) is 5.24. The van der Waals surface area contributed by atoms with Crippen LogP contribution in [0.3, 0.4) is 0 Å². The Hall–Kier alpha value is -1.55. The van der Waals surface area contributed by atoms with E-state index in [4.69, 9.17) is 4.74 Å². The summed E-state index contributed by atoms with van der Waals surface area (Å²) in [4.78, 5) is 12.2. The van der Waals surface area contributed by atoms with Gasteiger partial charge in [0.25, 0.3) is 5.91 Å². The van der Waals surface area contributed by atoms with Gasteiger partial charge < -0.3 is 15.2 Å². The molecule has 2 rings (SSSR count). The van der Waals surface area contributed by atoms with Crippen molar-refractivity contribution in [3.05, 3.63) is 29.3 Å². The average molecular weight is 249 g/mol. The summed E-state index contributed by atoms with van der Waals surface area (Å²) in [5.41, 5.74) is 1.05. The van der Waals surface area contributed by atoms with Gasteiger partial charge in [0.2, 0.25) is 0 Å². The van der Waals surface area contributed by atoms with Crippen molar-refractivity contribution < 1.29 is 14.6 Å². The van der Waals surface area contributed by atoms with Crippen LogP contribution in [0.4, 0.5) is 0 Å². The quantitative estimate of drug-likeness (QED) is 0.842. The smallest absolute Gasteiger partial charge is 0.255 e. The van der Waals surface area contributed by atoms with Gasteiger partial charge in [0.1, 0.15) is 5.75 Å². The molecule has 0 saturated carbocycles. The summed E-state index contributed by atoms with van der Waals surface area (Å²) < 4.78 is 5.29. The van der Waals surface area contributed by atoms with Crippen molar-refractivity contribution in [2.24, 2.45) is 0 Å². The van der Waals surface area contributed by atoms with Crippen LogP contribution in [-0.2, 0) is 4.74 Å². The number of carbonyl (C=O) groups excluding carboxylic acids is 1. The van der Waals surface area contributed by atoms with Crippen molar-refractivity contribution in [1.82, 2.24) is 5.32 Å². The van der Waals surface area contributed by atoms with Crippen molar-refractivity contribution in [3.63, 3.8) is 0 Å². The summed E-state index contributed by atoms with van der Waals surface area (Å²) in [5, 5.41) is 12.7. The van der Waals surface area contributed by atoms with Crippen LogP contribution in [0.15, 0.2) is 18.2 Å². The van der Waals surface area contributed by atoms with Crippen LogP contribution in [0.1, 0.15) is 35.7 Å². The molecule has 1 saturated heterocycles. The lowest BCUT2D eigenvalue weighted by molar-refractivity contribution is 0.0422. The minimum Gasteiger partial charge on any atom is -0.507 e. The molecule has 1 aliphatic rings. The van der Waals surface area contributed by atoms with Gasteiger partial charge in [-0.15, -0.1) is 0 Å². The van der Waals surface area contributed by atoms with Crippen LogP contribution in [0.2, 0.25) is 0 Å². The van der Waals surface area contributed by atoms with Gasteiger partial charge >= 0.3 is 0 Å². The van der Waals surface area contributed by atoms with Gasteiger partial charge in [0, 0.05) is 18.8 Å². The topological polar surface area (TPSA) is 58.6 Å². The number of aromatic hydroxyl groups is 1. The first-order chi connectivity index (χ1) is 8.50. The third-order valence-corrected chi connectivity index (χ3v) is 3.41. The number of amides is 1. The number of phenols is 1. The Morgan fingerprint density at radius 1 is 1.39 bits per heavy atom. The van der Waals surface area contributed by atoms with Gasteiger partial charge in [0.05, 0.1) is 5.56 Å². The molecule has 1 aromatic rings. The molecular weight excluding hydrogens is 230 g/mol. The van der Waals surface area contributed by atoms with Crippen molar-refractivity contribution in [3.8, 4) is 5.75 Å². The zero-order chi connectivity index (χ0) is 13.2. The van der Waals surface area contributed by atoms with Crippen molar-refractivity contribution in [2.75, 3.05) is 13.2 Å². The second-order valence-electron chi connectivity index (χ2n) is 5.15. The molecule has 1 heterocycles. The van der Waals surface area contributed by atoms with E-state index in [0.717, 1.165) is 18.4 Å². The predicted molar refractivity (Wildman–Crippen MR) is 68.8 cm³/mol. The number of hydrogen-bond donors (Lipinski definition) is 2. The number of benzene rings is 1. The van der Waals surface area contributed by atoms with Gasteiger partial charge in [0.15, 0.2) is 0 Å². The number of rotatable bonds is 2. The molecule has 18 heavy (non-hydrogen) atoms. The van der Waals surface area contributed by atoms with E-state index in [0.29, 0.717) is 18.8 Å². The fraction of sp³-hybridized carbons (Fsp3) is 0.500. The van der Waals surface area contributed by atoms with E-state index in [2.05, 4.69) is 5.32 Å². The molecule has 1 aliphatic heterocycles. The highest BCUT2D eigenvalue weighted by Gasteiger charge is 2.29. The molecule has 4 nitrogen and oxygen atoms in total. The van der Waals surface area contributed by atoms with Crippen molar-refractivity contribution in [2.45, 2.75) is 32.2 Å². The molecular formula is C14H19NO3. The molecule has 0 aliphatic carbocycles. The first-order valence-electron chi connectivity index (χ1n) is 6.20. The fourth-order valence-corrected chi connectivity index (χ4v) is 2.12. The number of ether oxygens (including phenoxy) is 1. The standard InChI is InChI=1S/C14H19NO3/c1-10-3-4-12(16)11(9-10)13(17)15-14(2)5-7-18-8-6-14/h3-4,9,16H,5-8H2,1-2H3,(H,15,17). The lowest BCUT2D eigenvalue weighted by Gasteiger charge is -2.34. The second-order valence-corrected chi connectivity index (χ2v) is 5.15. The average Bonchev–Trinajstić information content (AvgIpc) is 2.32. The molecule has 0 aromatic heterocycles. The molecule has 0 radical (unpaired) electrons. The van der Waals surface area contributed by atoms with Crippen molar-refractivity contribution >= 4 is 5.91 Å². The van der Waals surface area contributed by atoms with E-state index in [1.54, 1.807) is 18.2 Å². The van der Waals surface area contributed by atoms with Crippen LogP contribution in [-0.4, -0.2) is 29.8 Å². The summed E-state index contributed by atoms with van der Waals surface area (Å²) in [5.74, 6) is -0.200. The minimum atomic E-state index is -0.245. The molecule has 2 N–H and O–H groups in total. The maximum absolute atomic E-state index is 12.2. The molecule has 1 fully saturated rings. The van der Waals surface area contributed by atoms with Crippen LogP contribution in [0, 0.1) is 6.92 Å². The molecule has 0 atom stereocenters. The van der Waals surface area contributed by atoms with E-state index < -0.39 is 0 Å². The van der Waals surface area contributed by atoms with E-state index in [1.165, 1.54) is 0 Å². The molecule has 98 valence electrons. The number of carbonyl (C=O) groups is 1. The predicted octanol–water partition coefficient (Wildman–Crippen LogP) is 2.00. The third-order valence-electron chi connectivity index (χ3n) is 3.41. The minimum absolute atomic E-state index is 0.0220. The molecule has 4 heteroatoms. The summed E-state index contributed by atoms with van der Waals surface area (Å²) in [6, 6.07) is 5.03. The molecule has 1 amide bonds. The molecule has 0 spiro atoms. The Morgan fingerprint density at radius 3 is 2.72 bits per heavy atom. The van der Waals surface area contributed by atoms with Crippen LogP contribution in [0.25, 0.3) is 0 Å². The first-order valence-corrected chi connectivity index (χ1v) is 6.20. The fourth-order valence-electron chi connectivity index (χ4n) is 2.12. The Kier molecular flexibility index (Phi) is 3.57. The van der Waals surface area contributed by atoms with Gasteiger partial charge in [-0.05, 0) is 38.8 Å². The summed E-state index contributed by atoms with van der Waals surface area (Å²) in [6.07, 6.45) is 1.59. The Labute approximate surface area is 107 Å². The summed E-state index contributed by atoms with van der Waals surface area (Å²) in [7, 11) is 0. The van der Waals surface area contributed by atoms with Gasteiger partial charge in [-0.2, -0.15) is 0 Å². The molecule has 0 unspecified atom stereocenters. The number of phenolic OH excluding ortho intramolecular Hbond substituents is 1. The van der Waals surface area contributed by atoms with E-state index in [1.807, 2.05) is 13.8 Å². The Balaban J connectivity index is 2.14. The third kappa shape index (κ3) is 2.82. The van der Waals surface area contributed by atoms with E-state index >= 15 is 0 Å². The monoisotopic (exact) mass is 249 g/mol. The normalized spacial score (nSPS) is 18.3. The maximum Gasteiger partial charge on any atom is 0.255 e. The van der Waals surface area contributed by atoms with Crippen LogP contribution in [0.5, 0.6) is 5.75 Å². The molecule has 0 bridgehead atoms. The van der Waals surface area contributed by atoms with Crippen LogP contribution >= 0.6 is 0 Å². The zero-order valence-corrected chi connectivity index (χ0v) is 10.8. The summed E-state index contributed by atoms with van der Waals surface area (Å²) >= 11 is 0.